The van der Waals surface area contributed by atoms with Crippen molar-refractivity contribution in [1.82, 2.24) is 5.32 Å². The third kappa shape index (κ3) is 3.96. The molecule has 1 amide bonds. The smallest absolute Gasteiger partial charge is 0.261 e. The topological polar surface area (TPSA) is 63.2 Å². The van der Waals surface area contributed by atoms with Crippen molar-refractivity contribution in [3.8, 4) is 0 Å². The zero-order chi connectivity index (χ0) is 14.9. The standard InChI is InChI=1S/C13H15BrClNO3S/c1-8-11(14)6-10(7-12(8)20(15,18)19)13(17)16-5-4-9-2-3-9/h6-7,9H,2-5H2,1H3,(H,16,17). The van der Waals surface area contributed by atoms with Crippen molar-refractivity contribution in [1.29, 1.82) is 0 Å². The van der Waals surface area contributed by atoms with Crippen LogP contribution in [0.15, 0.2) is 21.5 Å². The van der Waals surface area contributed by atoms with Gasteiger partial charge in [-0.25, -0.2) is 8.42 Å². The number of hydrogen-bond acceptors (Lipinski definition) is 3. The molecule has 0 aliphatic heterocycles. The van der Waals surface area contributed by atoms with Gasteiger partial charge in [-0.15, -0.1) is 0 Å². The summed E-state index contributed by atoms with van der Waals surface area (Å²) in [5.74, 6) is 0.451. The molecule has 0 aromatic heterocycles. The fourth-order valence-electron chi connectivity index (χ4n) is 1.94. The molecule has 1 fully saturated rings. The Morgan fingerprint density at radius 2 is 2.10 bits per heavy atom. The molecule has 0 radical (unpaired) electrons. The summed E-state index contributed by atoms with van der Waals surface area (Å²) < 4.78 is 23.6. The molecule has 1 aromatic rings. The van der Waals surface area contributed by atoms with Crippen LogP contribution in [0.5, 0.6) is 0 Å². The second kappa shape index (κ2) is 6.03. The van der Waals surface area contributed by atoms with Crippen molar-refractivity contribution >= 4 is 41.6 Å². The number of halogens is 2. The van der Waals surface area contributed by atoms with E-state index in [1.807, 2.05) is 0 Å². The molecule has 1 aliphatic carbocycles. The number of carbonyl (C=O) groups is 1. The molecule has 0 heterocycles. The molecule has 1 N–H and O–H groups in total. The second-order valence-corrected chi connectivity index (χ2v) is 8.40. The van der Waals surface area contributed by atoms with Crippen LogP contribution in [0.25, 0.3) is 0 Å². The van der Waals surface area contributed by atoms with Gasteiger partial charge in [-0.1, -0.05) is 28.8 Å². The Bertz CT molecular complexity index is 641. The Kier molecular flexibility index (Phi) is 4.76. The first kappa shape index (κ1) is 15.8. The fourth-order valence-corrected chi connectivity index (χ4v) is 3.75. The molecule has 110 valence electrons. The monoisotopic (exact) mass is 379 g/mol. The lowest BCUT2D eigenvalue weighted by Crippen LogP contribution is -2.25. The number of carbonyl (C=O) groups excluding carboxylic acids is 1. The molecule has 0 saturated heterocycles. The van der Waals surface area contributed by atoms with Crippen LogP contribution in [-0.4, -0.2) is 20.9 Å². The van der Waals surface area contributed by atoms with E-state index in [0.29, 0.717) is 16.6 Å². The van der Waals surface area contributed by atoms with Gasteiger partial charge in [0.2, 0.25) is 0 Å². The van der Waals surface area contributed by atoms with E-state index in [-0.39, 0.29) is 16.4 Å². The summed E-state index contributed by atoms with van der Waals surface area (Å²) in [4.78, 5) is 12.0. The van der Waals surface area contributed by atoms with E-state index < -0.39 is 9.05 Å². The van der Waals surface area contributed by atoms with Gasteiger partial charge in [0.15, 0.2) is 0 Å². The normalized spacial score (nSPS) is 15.2. The van der Waals surface area contributed by atoms with E-state index in [2.05, 4.69) is 21.2 Å². The largest absolute Gasteiger partial charge is 0.352 e. The van der Waals surface area contributed by atoms with E-state index in [1.54, 1.807) is 13.0 Å². The van der Waals surface area contributed by atoms with Crippen molar-refractivity contribution in [2.24, 2.45) is 5.92 Å². The fraction of sp³-hybridized carbons (Fsp3) is 0.462. The summed E-state index contributed by atoms with van der Waals surface area (Å²) in [7, 11) is 1.51. The number of benzene rings is 1. The van der Waals surface area contributed by atoms with E-state index in [1.165, 1.54) is 18.9 Å². The van der Waals surface area contributed by atoms with Gasteiger partial charge in [0.1, 0.15) is 0 Å². The maximum Gasteiger partial charge on any atom is 0.261 e. The van der Waals surface area contributed by atoms with Crippen LogP contribution in [0.1, 0.15) is 35.2 Å². The summed E-state index contributed by atoms with van der Waals surface area (Å²) in [6.45, 7) is 2.24. The minimum Gasteiger partial charge on any atom is -0.352 e. The highest BCUT2D eigenvalue weighted by Crippen LogP contribution is 2.32. The molecule has 4 nitrogen and oxygen atoms in total. The van der Waals surface area contributed by atoms with Crippen LogP contribution in [0.4, 0.5) is 0 Å². The molecule has 7 heteroatoms. The molecule has 1 aliphatic rings. The van der Waals surface area contributed by atoms with Gasteiger partial charge in [-0.05, 0) is 37.0 Å². The van der Waals surface area contributed by atoms with Gasteiger partial charge in [0.05, 0.1) is 4.90 Å². The molecule has 1 saturated carbocycles. The molecular formula is C13H15BrClNO3S. The zero-order valence-electron chi connectivity index (χ0n) is 10.9. The summed E-state index contributed by atoms with van der Waals surface area (Å²) in [6.07, 6.45) is 3.45. The van der Waals surface area contributed by atoms with Crippen LogP contribution in [0.2, 0.25) is 0 Å². The molecule has 2 rings (SSSR count). The van der Waals surface area contributed by atoms with E-state index in [4.69, 9.17) is 10.7 Å². The minimum atomic E-state index is -3.87. The first-order valence-corrected chi connectivity index (χ1v) is 9.42. The van der Waals surface area contributed by atoms with Crippen LogP contribution in [-0.2, 0) is 9.05 Å². The zero-order valence-corrected chi connectivity index (χ0v) is 14.1. The predicted molar refractivity (Wildman–Crippen MR) is 81.6 cm³/mol. The van der Waals surface area contributed by atoms with E-state index >= 15 is 0 Å². The first-order chi connectivity index (χ1) is 9.29. The maximum absolute atomic E-state index is 12.0. The highest BCUT2D eigenvalue weighted by Gasteiger charge is 2.22. The molecule has 0 atom stereocenters. The Morgan fingerprint density at radius 1 is 1.45 bits per heavy atom. The van der Waals surface area contributed by atoms with Crippen molar-refractivity contribution in [3.63, 3.8) is 0 Å². The van der Waals surface area contributed by atoms with Crippen molar-refractivity contribution < 1.29 is 13.2 Å². The SMILES string of the molecule is Cc1c(Br)cc(C(=O)NCCC2CC2)cc1S(=O)(=O)Cl. The third-order valence-electron chi connectivity index (χ3n) is 3.36. The van der Waals surface area contributed by atoms with Gasteiger partial charge in [-0.3, -0.25) is 4.79 Å². The lowest BCUT2D eigenvalue weighted by Gasteiger charge is -2.09. The lowest BCUT2D eigenvalue weighted by atomic mass is 10.1. The molecule has 0 unspecified atom stereocenters. The summed E-state index contributed by atoms with van der Waals surface area (Å²) >= 11 is 3.26. The summed E-state index contributed by atoms with van der Waals surface area (Å²) in [5.41, 5.74) is 0.784. The minimum absolute atomic E-state index is 0.0408. The summed E-state index contributed by atoms with van der Waals surface area (Å²) in [5, 5.41) is 2.80. The third-order valence-corrected chi connectivity index (χ3v) is 5.63. The van der Waals surface area contributed by atoms with Gasteiger partial charge >= 0.3 is 0 Å². The maximum atomic E-state index is 12.0. The highest BCUT2D eigenvalue weighted by atomic mass is 79.9. The van der Waals surface area contributed by atoms with Crippen molar-refractivity contribution in [2.75, 3.05) is 6.54 Å². The van der Waals surface area contributed by atoms with Crippen molar-refractivity contribution in [3.05, 3.63) is 27.7 Å². The van der Waals surface area contributed by atoms with Gasteiger partial charge < -0.3 is 5.32 Å². The van der Waals surface area contributed by atoms with Crippen LogP contribution in [0.3, 0.4) is 0 Å². The molecular weight excluding hydrogens is 366 g/mol. The average molecular weight is 381 g/mol. The van der Waals surface area contributed by atoms with Gasteiger partial charge in [0.25, 0.3) is 15.0 Å². The van der Waals surface area contributed by atoms with Gasteiger partial charge in [0, 0.05) is 27.3 Å². The summed E-state index contributed by atoms with van der Waals surface area (Å²) in [6, 6.07) is 2.92. The number of nitrogens with one attached hydrogen (secondary N) is 1. The van der Waals surface area contributed by atoms with Crippen LogP contribution in [0, 0.1) is 12.8 Å². The van der Waals surface area contributed by atoms with E-state index in [9.17, 15) is 13.2 Å². The number of amides is 1. The Labute approximate surface area is 131 Å². The Morgan fingerprint density at radius 3 is 2.65 bits per heavy atom. The van der Waals surface area contributed by atoms with Crippen LogP contribution < -0.4 is 5.32 Å². The Balaban J connectivity index is 2.18. The molecule has 1 aromatic carbocycles. The average Bonchev–Trinajstić information content (AvgIpc) is 3.14. The van der Waals surface area contributed by atoms with E-state index in [0.717, 1.165) is 12.3 Å². The number of hydrogen-bond donors (Lipinski definition) is 1. The molecule has 20 heavy (non-hydrogen) atoms. The number of rotatable bonds is 5. The first-order valence-electron chi connectivity index (χ1n) is 6.32. The lowest BCUT2D eigenvalue weighted by molar-refractivity contribution is 0.0952. The molecule has 0 spiro atoms. The van der Waals surface area contributed by atoms with Crippen LogP contribution >= 0.6 is 26.6 Å². The molecule has 0 bridgehead atoms. The van der Waals surface area contributed by atoms with Crippen molar-refractivity contribution in [2.45, 2.75) is 31.1 Å². The quantitative estimate of drug-likeness (QED) is 0.798. The highest BCUT2D eigenvalue weighted by molar-refractivity contribution is 9.10. The Hall–Kier alpha value is -0.590. The van der Waals surface area contributed by atoms with Gasteiger partial charge in [-0.2, -0.15) is 0 Å². The predicted octanol–water partition coefficient (Wildman–Crippen LogP) is 3.21. The second-order valence-electron chi connectivity index (χ2n) is 5.01.